The second-order valence-corrected chi connectivity index (χ2v) is 24.1. The molecule has 17 nitrogen and oxygen atoms in total. The van der Waals surface area contributed by atoms with Gasteiger partial charge in [-0.15, -0.1) is 0 Å². The summed E-state index contributed by atoms with van der Waals surface area (Å²) in [5.74, 6) is -0.586. The largest absolute Gasteiger partial charge is 0.472 e. The van der Waals surface area contributed by atoms with Crippen molar-refractivity contribution in [3.05, 3.63) is 0 Å². The zero-order valence-corrected chi connectivity index (χ0v) is 50.3. The topological polar surface area (TPSA) is 237 Å². The van der Waals surface area contributed by atoms with Crippen molar-refractivity contribution in [1.29, 1.82) is 0 Å². The number of hydrogen-bond donors (Lipinski definition) is 3. The predicted octanol–water partition coefficient (Wildman–Crippen LogP) is 14.9. The van der Waals surface area contributed by atoms with Crippen LogP contribution in [0.2, 0.25) is 0 Å². The zero-order valence-electron chi connectivity index (χ0n) is 48.5. The number of ether oxygens (including phenoxy) is 4. The third-order valence-corrected chi connectivity index (χ3v) is 15.6. The van der Waals surface area contributed by atoms with Gasteiger partial charge in [0.15, 0.2) is 12.2 Å². The molecule has 0 rings (SSSR count). The molecule has 0 aromatic carbocycles. The molecule has 0 saturated heterocycles. The van der Waals surface area contributed by atoms with Crippen molar-refractivity contribution >= 4 is 39.5 Å². The average molecular weight is 1130 g/mol. The first kappa shape index (κ1) is 74.1. The third kappa shape index (κ3) is 49.1. The van der Waals surface area contributed by atoms with E-state index in [1.807, 2.05) is 0 Å². The first-order chi connectivity index (χ1) is 36.4. The Morgan fingerprint density at radius 1 is 0.368 bits per heavy atom. The fraction of sp³-hybridized carbons (Fsp3) is 0.930. The first-order valence-electron chi connectivity index (χ1n) is 30.1. The molecule has 4 unspecified atom stereocenters. The van der Waals surface area contributed by atoms with E-state index < -0.39 is 97.5 Å². The lowest BCUT2D eigenvalue weighted by atomic mass is 9.99. The Labute approximate surface area is 460 Å². The van der Waals surface area contributed by atoms with Crippen LogP contribution in [0.3, 0.4) is 0 Å². The van der Waals surface area contributed by atoms with E-state index in [2.05, 4.69) is 41.5 Å². The molecule has 7 atom stereocenters. The Bertz CT molecular complexity index is 1520. The third-order valence-electron chi connectivity index (χ3n) is 13.7. The predicted molar refractivity (Wildman–Crippen MR) is 298 cm³/mol. The van der Waals surface area contributed by atoms with E-state index in [0.717, 1.165) is 108 Å². The maximum absolute atomic E-state index is 12.9. The lowest BCUT2D eigenvalue weighted by Crippen LogP contribution is -2.30. The molecule has 450 valence electrons. The van der Waals surface area contributed by atoms with Crippen molar-refractivity contribution in [2.24, 2.45) is 11.8 Å². The standard InChI is InChI=1S/C57H110O17P2/c1-7-11-13-25-33-39-54(59)67-45-52(73-56(61)41-35-26-14-12-8-2)47-71-75(63,64)69-43-51(58)44-70-76(65,66)72-48-53(46-68-55(60)40-34-29-23-20-19-22-28-32-38-50(6)10-4)74-57(62)42-36-30-24-18-16-15-17-21-27-31-37-49(5)9-3/h49-53,58H,7-48H2,1-6H3,(H,63,64)(H,65,66)/t49?,50?,51-,52+,53+/m0/s1. The number of phosphoric acid groups is 2. The van der Waals surface area contributed by atoms with Crippen molar-refractivity contribution in [3.8, 4) is 0 Å². The van der Waals surface area contributed by atoms with Gasteiger partial charge in [-0.05, 0) is 37.5 Å². The van der Waals surface area contributed by atoms with Crippen molar-refractivity contribution in [1.82, 2.24) is 0 Å². The number of hydrogen-bond acceptors (Lipinski definition) is 15. The van der Waals surface area contributed by atoms with Gasteiger partial charge in [-0.3, -0.25) is 37.3 Å². The molecule has 3 N–H and O–H groups in total. The number of esters is 4. The summed E-state index contributed by atoms with van der Waals surface area (Å²) in [6.45, 7) is 9.28. The van der Waals surface area contributed by atoms with Crippen LogP contribution in [0.1, 0.15) is 273 Å². The van der Waals surface area contributed by atoms with Crippen molar-refractivity contribution in [2.45, 2.75) is 291 Å². The summed E-state index contributed by atoms with van der Waals surface area (Å²) in [6.07, 6.45) is 30.0. The maximum atomic E-state index is 12.9. The number of phosphoric ester groups is 2. The molecule has 0 heterocycles. The van der Waals surface area contributed by atoms with Crippen LogP contribution in [-0.4, -0.2) is 96.7 Å². The van der Waals surface area contributed by atoms with E-state index in [4.69, 9.17) is 37.0 Å². The summed E-state index contributed by atoms with van der Waals surface area (Å²) < 4.78 is 67.3. The van der Waals surface area contributed by atoms with Crippen molar-refractivity contribution in [2.75, 3.05) is 39.6 Å². The monoisotopic (exact) mass is 1130 g/mol. The van der Waals surface area contributed by atoms with Crippen molar-refractivity contribution in [3.63, 3.8) is 0 Å². The van der Waals surface area contributed by atoms with Gasteiger partial charge in [-0.1, -0.05) is 221 Å². The van der Waals surface area contributed by atoms with E-state index >= 15 is 0 Å². The number of rotatable bonds is 56. The fourth-order valence-electron chi connectivity index (χ4n) is 8.23. The highest BCUT2D eigenvalue weighted by atomic mass is 31.2. The van der Waals surface area contributed by atoms with Gasteiger partial charge in [-0.25, -0.2) is 9.13 Å². The van der Waals surface area contributed by atoms with E-state index in [0.29, 0.717) is 25.7 Å². The van der Waals surface area contributed by atoms with E-state index in [9.17, 15) is 43.2 Å². The van der Waals surface area contributed by atoms with Gasteiger partial charge in [0.2, 0.25) is 0 Å². The minimum atomic E-state index is -4.94. The number of aliphatic hydroxyl groups is 1. The number of carbonyl (C=O) groups is 4. The summed E-state index contributed by atoms with van der Waals surface area (Å²) in [4.78, 5) is 71.4. The summed E-state index contributed by atoms with van der Waals surface area (Å²) in [7, 11) is -9.86. The zero-order chi connectivity index (χ0) is 56.6. The molecule has 0 spiro atoms. The van der Waals surface area contributed by atoms with Crippen LogP contribution in [-0.2, 0) is 65.4 Å². The molecule has 19 heteroatoms. The average Bonchev–Trinajstić information content (AvgIpc) is 3.39. The normalized spacial score (nSPS) is 15.2. The maximum Gasteiger partial charge on any atom is 0.472 e. The van der Waals surface area contributed by atoms with Crippen LogP contribution in [0.25, 0.3) is 0 Å². The lowest BCUT2D eigenvalue weighted by molar-refractivity contribution is -0.161. The second-order valence-electron chi connectivity index (χ2n) is 21.2. The molecule has 76 heavy (non-hydrogen) atoms. The molecule has 0 aromatic heterocycles. The summed E-state index contributed by atoms with van der Waals surface area (Å²) in [6, 6.07) is 0. The van der Waals surface area contributed by atoms with Gasteiger partial charge in [-0.2, -0.15) is 0 Å². The van der Waals surface area contributed by atoms with E-state index in [1.165, 1.54) is 83.5 Å². The van der Waals surface area contributed by atoms with Crippen molar-refractivity contribution < 1.29 is 80.2 Å². The fourth-order valence-corrected chi connectivity index (χ4v) is 9.81. The molecule has 0 aliphatic carbocycles. The first-order valence-corrected chi connectivity index (χ1v) is 33.1. The van der Waals surface area contributed by atoms with Crippen LogP contribution in [0, 0.1) is 11.8 Å². The number of unbranched alkanes of at least 4 members (excludes halogenated alkanes) is 24. The molecule has 0 aliphatic heterocycles. The second kappa shape index (κ2) is 50.1. The highest BCUT2D eigenvalue weighted by Gasteiger charge is 2.30. The van der Waals surface area contributed by atoms with Crippen LogP contribution >= 0.6 is 15.6 Å². The molecule has 0 amide bonds. The molecule has 0 radical (unpaired) electrons. The Balaban J connectivity index is 5.15. The van der Waals surface area contributed by atoms with Crippen LogP contribution in [0.5, 0.6) is 0 Å². The molecule has 0 fully saturated rings. The quantitative estimate of drug-likeness (QED) is 0.0222. The van der Waals surface area contributed by atoms with E-state index in [1.54, 1.807) is 0 Å². The van der Waals surface area contributed by atoms with Gasteiger partial charge >= 0.3 is 39.5 Å². The minimum Gasteiger partial charge on any atom is -0.462 e. The molecular weight excluding hydrogens is 1020 g/mol. The summed E-state index contributed by atoms with van der Waals surface area (Å²) in [5, 5.41) is 10.4. The summed E-state index contributed by atoms with van der Waals surface area (Å²) in [5.41, 5.74) is 0. The Kier molecular flexibility index (Phi) is 48.8. The lowest BCUT2D eigenvalue weighted by Gasteiger charge is -2.21. The number of carbonyl (C=O) groups excluding carboxylic acids is 4. The highest BCUT2D eigenvalue weighted by molar-refractivity contribution is 7.47. The molecule has 0 aliphatic rings. The minimum absolute atomic E-state index is 0.0984. The van der Waals surface area contributed by atoms with Crippen LogP contribution < -0.4 is 0 Å². The van der Waals surface area contributed by atoms with Gasteiger partial charge in [0.05, 0.1) is 26.4 Å². The van der Waals surface area contributed by atoms with Crippen LogP contribution in [0.4, 0.5) is 0 Å². The van der Waals surface area contributed by atoms with Gasteiger partial charge in [0.25, 0.3) is 0 Å². The van der Waals surface area contributed by atoms with Gasteiger partial charge in [0.1, 0.15) is 19.3 Å². The van der Waals surface area contributed by atoms with Gasteiger partial charge in [0, 0.05) is 25.7 Å². The number of aliphatic hydroxyl groups excluding tert-OH is 1. The Hall–Kier alpha value is -1.94. The SMILES string of the molecule is CCCCCCCC(=O)OC[C@H](COP(=O)(O)OC[C@H](O)COP(=O)(O)OC[C@@H](COC(=O)CCCCCCCCCCC(C)CC)OC(=O)CCCCCCCCCCCCC(C)CC)OC(=O)CCCCCCC. The van der Waals surface area contributed by atoms with Gasteiger partial charge < -0.3 is 33.8 Å². The Morgan fingerprint density at radius 2 is 0.632 bits per heavy atom. The smallest absolute Gasteiger partial charge is 0.462 e. The molecule has 0 bridgehead atoms. The molecule has 0 saturated carbocycles. The Morgan fingerprint density at radius 3 is 0.934 bits per heavy atom. The highest BCUT2D eigenvalue weighted by Crippen LogP contribution is 2.45. The van der Waals surface area contributed by atoms with Crippen LogP contribution in [0.15, 0.2) is 0 Å². The van der Waals surface area contributed by atoms with E-state index in [-0.39, 0.29) is 25.7 Å². The molecular formula is C57H110O17P2. The summed E-state index contributed by atoms with van der Waals surface area (Å²) >= 11 is 0. The molecule has 0 aromatic rings.